The molecule has 0 spiro atoms. The highest BCUT2D eigenvalue weighted by Gasteiger charge is 2.00. The van der Waals surface area contributed by atoms with Crippen LogP contribution in [0.4, 0.5) is 0 Å². The fraction of sp³-hybridized carbons (Fsp3) is 0.667. The van der Waals surface area contributed by atoms with Gasteiger partial charge in [0.15, 0.2) is 0 Å². The van der Waals surface area contributed by atoms with Gasteiger partial charge in [0.1, 0.15) is 0 Å². The molecule has 0 aromatic rings. The van der Waals surface area contributed by atoms with Crippen LogP contribution < -0.4 is 5.32 Å². The summed E-state index contributed by atoms with van der Waals surface area (Å²) < 4.78 is 0. The molecule has 1 nitrogen and oxygen atoms in total. The minimum atomic E-state index is 0. The van der Waals surface area contributed by atoms with Crippen LogP contribution in [0, 0.1) is 0 Å². The second kappa shape index (κ2) is 4.95. The zero-order valence-electron chi connectivity index (χ0n) is 5.19. The van der Waals surface area contributed by atoms with Crippen LogP contribution in [-0.2, 0) is 0 Å². The molecular formula is C6H11Cl2N. The maximum atomic E-state index is 5.46. The molecule has 0 unspecified atom stereocenters. The second-order valence-electron chi connectivity index (χ2n) is 2.02. The van der Waals surface area contributed by atoms with Crippen molar-refractivity contribution in [2.24, 2.45) is 0 Å². The van der Waals surface area contributed by atoms with Crippen molar-refractivity contribution < 1.29 is 0 Å². The molecule has 1 fully saturated rings. The predicted molar refractivity (Wildman–Crippen MR) is 43.0 cm³/mol. The van der Waals surface area contributed by atoms with E-state index >= 15 is 0 Å². The van der Waals surface area contributed by atoms with E-state index in [1.807, 2.05) is 0 Å². The lowest BCUT2D eigenvalue weighted by atomic mass is 10.1. The lowest BCUT2D eigenvalue weighted by molar-refractivity contribution is 0.589. The van der Waals surface area contributed by atoms with Crippen LogP contribution in [0.3, 0.4) is 0 Å². The highest BCUT2D eigenvalue weighted by atomic mass is 35.5. The first-order chi connectivity index (χ1) is 3.93. The molecule has 1 heterocycles. The van der Waals surface area contributed by atoms with Gasteiger partial charge >= 0.3 is 0 Å². The van der Waals surface area contributed by atoms with E-state index in [1.54, 1.807) is 5.54 Å². The lowest BCUT2D eigenvalue weighted by Gasteiger charge is -2.14. The molecule has 0 bridgehead atoms. The van der Waals surface area contributed by atoms with E-state index in [0.29, 0.717) is 0 Å². The standard InChI is InChI=1S/C6H10ClN.ClH/c7-5-6-3-1-2-4-8-6;/h5,8H,1-4H2;1H. The Balaban J connectivity index is 0.000000640. The Labute approximate surface area is 66.9 Å². The number of piperidine rings is 1. The van der Waals surface area contributed by atoms with E-state index in [9.17, 15) is 0 Å². The summed E-state index contributed by atoms with van der Waals surface area (Å²) in [5, 5.41) is 3.20. The minimum Gasteiger partial charge on any atom is -0.388 e. The summed E-state index contributed by atoms with van der Waals surface area (Å²) in [6, 6.07) is 0. The summed E-state index contributed by atoms with van der Waals surface area (Å²) in [7, 11) is 0. The van der Waals surface area contributed by atoms with E-state index in [-0.39, 0.29) is 12.4 Å². The number of allylic oxidation sites excluding steroid dienone is 1. The highest BCUT2D eigenvalue weighted by Crippen LogP contribution is 2.09. The van der Waals surface area contributed by atoms with Crippen molar-refractivity contribution in [3.05, 3.63) is 11.2 Å². The van der Waals surface area contributed by atoms with E-state index in [2.05, 4.69) is 5.32 Å². The van der Waals surface area contributed by atoms with Crippen molar-refractivity contribution in [2.45, 2.75) is 19.3 Å². The zero-order valence-corrected chi connectivity index (χ0v) is 6.76. The van der Waals surface area contributed by atoms with Crippen molar-refractivity contribution >= 4 is 24.0 Å². The molecule has 54 valence electrons. The van der Waals surface area contributed by atoms with Crippen LogP contribution in [0.15, 0.2) is 11.2 Å². The van der Waals surface area contributed by atoms with Crippen LogP contribution >= 0.6 is 24.0 Å². The van der Waals surface area contributed by atoms with Gasteiger partial charge in [-0.1, -0.05) is 11.6 Å². The maximum Gasteiger partial charge on any atom is 0.0232 e. The van der Waals surface area contributed by atoms with Crippen LogP contribution in [-0.4, -0.2) is 6.54 Å². The number of hydrogen-bond acceptors (Lipinski definition) is 1. The van der Waals surface area contributed by atoms with Gasteiger partial charge in [0.2, 0.25) is 0 Å². The normalized spacial score (nSPS) is 22.6. The van der Waals surface area contributed by atoms with Gasteiger partial charge in [-0.15, -0.1) is 12.4 Å². The molecule has 0 atom stereocenters. The largest absolute Gasteiger partial charge is 0.388 e. The van der Waals surface area contributed by atoms with Crippen LogP contribution in [0.2, 0.25) is 0 Å². The molecule has 3 heteroatoms. The van der Waals surface area contributed by atoms with Gasteiger partial charge in [0, 0.05) is 17.8 Å². The molecule has 0 amide bonds. The Morgan fingerprint density at radius 3 is 2.56 bits per heavy atom. The topological polar surface area (TPSA) is 12.0 Å². The van der Waals surface area contributed by atoms with Crippen LogP contribution in [0.25, 0.3) is 0 Å². The highest BCUT2D eigenvalue weighted by molar-refractivity contribution is 6.25. The van der Waals surface area contributed by atoms with Crippen molar-refractivity contribution in [3.8, 4) is 0 Å². The van der Waals surface area contributed by atoms with Gasteiger partial charge in [-0.05, 0) is 19.3 Å². The second-order valence-corrected chi connectivity index (χ2v) is 2.24. The van der Waals surface area contributed by atoms with Gasteiger partial charge in [0.25, 0.3) is 0 Å². The molecule has 0 aromatic carbocycles. The zero-order chi connectivity index (χ0) is 5.82. The number of rotatable bonds is 0. The first-order valence-corrected chi connectivity index (χ1v) is 3.40. The molecule has 9 heavy (non-hydrogen) atoms. The summed E-state index contributed by atoms with van der Waals surface area (Å²) >= 11 is 5.46. The Morgan fingerprint density at radius 1 is 1.44 bits per heavy atom. The van der Waals surface area contributed by atoms with Crippen molar-refractivity contribution in [1.29, 1.82) is 0 Å². The fourth-order valence-electron chi connectivity index (χ4n) is 0.871. The first kappa shape index (κ1) is 9.12. The average molecular weight is 168 g/mol. The molecular weight excluding hydrogens is 157 g/mol. The van der Waals surface area contributed by atoms with E-state index < -0.39 is 0 Å². The van der Waals surface area contributed by atoms with Gasteiger partial charge in [-0.2, -0.15) is 0 Å². The molecule has 1 rings (SSSR count). The van der Waals surface area contributed by atoms with Crippen molar-refractivity contribution in [3.63, 3.8) is 0 Å². The molecule has 0 aliphatic carbocycles. The third kappa shape index (κ3) is 2.97. The van der Waals surface area contributed by atoms with E-state index in [4.69, 9.17) is 11.6 Å². The summed E-state index contributed by atoms with van der Waals surface area (Å²) in [5.41, 5.74) is 2.83. The first-order valence-electron chi connectivity index (χ1n) is 2.96. The van der Waals surface area contributed by atoms with Crippen molar-refractivity contribution in [1.82, 2.24) is 5.32 Å². The van der Waals surface area contributed by atoms with Crippen LogP contribution in [0.5, 0.6) is 0 Å². The summed E-state index contributed by atoms with van der Waals surface area (Å²) in [6.45, 7) is 1.10. The van der Waals surface area contributed by atoms with Gasteiger partial charge < -0.3 is 5.32 Å². The molecule has 1 N–H and O–H groups in total. The number of halogens is 2. The maximum absolute atomic E-state index is 5.46. The molecule has 0 radical (unpaired) electrons. The van der Waals surface area contributed by atoms with Gasteiger partial charge in [0.05, 0.1) is 0 Å². The third-order valence-corrected chi connectivity index (χ3v) is 1.62. The Morgan fingerprint density at radius 2 is 2.22 bits per heavy atom. The molecule has 1 aliphatic heterocycles. The quantitative estimate of drug-likeness (QED) is 0.584. The van der Waals surface area contributed by atoms with E-state index in [1.165, 1.54) is 18.5 Å². The molecule has 0 aromatic heterocycles. The average Bonchev–Trinajstić information content (AvgIpc) is 1.90. The fourth-order valence-corrected chi connectivity index (χ4v) is 1.06. The minimum absolute atomic E-state index is 0. The Kier molecular flexibility index (Phi) is 5.02. The van der Waals surface area contributed by atoms with Gasteiger partial charge in [-0.3, -0.25) is 0 Å². The summed E-state index contributed by atoms with van der Waals surface area (Å²) in [6.07, 6.45) is 3.70. The number of hydrogen-bond donors (Lipinski definition) is 1. The SMILES string of the molecule is Cl.ClC=C1CCCCN1. The smallest absolute Gasteiger partial charge is 0.0232 e. The molecule has 1 saturated heterocycles. The van der Waals surface area contributed by atoms with Gasteiger partial charge in [-0.25, -0.2) is 0 Å². The predicted octanol–water partition coefficient (Wildman–Crippen LogP) is 2.26. The third-order valence-electron chi connectivity index (χ3n) is 1.36. The summed E-state index contributed by atoms with van der Waals surface area (Å²) in [4.78, 5) is 0. The van der Waals surface area contributed by atoms with Crippen LogP contribution in [0.1, 0.15) is 19.3 Å². The van der Waals surface area contributed by atoms with E-state index in [0.717, 1.165) is 13.0 Å². The van der Waals surface area contributed by atoms with Crippen molar-refractivity contribution in [2.75, 3.05) is 6.54 Å². The lowest BCUT2D eigenvalue weighted by Crippen LogP contribution is -2.18. The monoisotopic (exact) mass is 167 g/mol. The number of nitrogens with one attached hydrogen (secondary N) is 1. The molecule has 1 aliphatic rings. The Bertz CT molecular complexity index is 93.2. The molecule has 0 saturated carbocycles. The summed E-state index contributed by atoms with van der Waals surface area (Å²) in [5.74, 6) is 0. The Hall–Kier alpha value is 0.120.